The van der Waals surface area contributed by atoms with Crippen LogP contribution in [0.4, 0.5) is 0 Å². The molecule has 0 aromatic carbocycles. The zero-order valence-corrected chi connectivity index (χ0v) is 12.2. The fraction of sp³-hybridized carbons (Fsp3) is 0.500. The molecule has 1 amide bonds. The largest absolute Gasteiger partial charge is 0.451 e. The Bertz CT molecular complexity index is 620. The summed E-state index contributed by atoms with van der Waals surface area (Å²) >= 11 is 0. The van der Waals surface area contributed by atoms with Gasteiger partial charge in [-0.2, -0.15) is 0 Å². The third-order valence-corrected chi connectivity index (χ3v) is 3.85. The second-order valence-electron chi connectivity index (χ2n) is 5.05. The Morgan fingerprint density at radius 2 is 2.33 bits per heavy atom. The van der Waals surface area contributed by atoms with Crippen molar-refractivity contribution in [2.75, 3.05) is 20.3 Å². The number of fused-ring (bicyclic) bond motifs is 1. The van der Waals surface area contributed by atoms with Crippen molar-refractivity contribution in [1.29, 1.82) is 0 Å². The van der Waals surface area contributed by atoms with E-state index >= 15 is 0 Å². The van der Waals surface area contributed by atoms with Crippen LogP contribution >= 0.6 is 0 Å². The van der Waals surface area contributed by atoms with Crippen LogP contribution in [0.1, 0.15) is 35.0 Å². The molecule has 0 radical (unpaired) electrons. The average Bonchev–Trinajstić information content (AvgIpc) is 3.15. The molecule has 21 heavy (non-hydrogen) atoms. The van der Waals surface area contributed by atoms with E-state index in [9.17, 15) is 4.79 Å². The van der Waals surface area contributed by atoms with E-state index < -0.39 is 0 Å². The number of rotatable bonds is 4. The fourth-order valence-corrected chi connectivity index (χ4v) is 2.71. The second-order valence-corrected chi connectivity index (χ2v) is 5.05. The lowest BCUT2D eigenvalue weighted by molar-refractivity contribution is 0.0629. The molecule has 3 heterocycles. The van der Waals surface area contributed by atoms with E-state index in [1.54, 1.807) is 12.0 Å². The lowest BCUT2D eigenvalue weighted by atomic mass is 10.2. The number of hydrogen-bond donors (Lipinski definition) is 0. The molecule has 0 aliphatic carbocycles. The first-order chi connectivity index (χ1) is 10.2. The number of amides is 1. The Hall–Kier alpha value is -2.15. The monoisotopic (exact) mass is 290 g/mol. The molecule has 0 spiro atoms. The van der Waals surface area contributed by atoms with Crippen LogP contribution in [0.3, 0.4) is 0 Å². The van der Waals surface area contributed by atoms with Crippen molar-refractivity contribution in [3.8, 4) is 0 Å². The van der Waals surface area contributed by atoms with E-state index in [4.69, 9.17) is 9.15 Å². The summed E-state index contributed by atoms with van der Waals surface area (Å²) in [5.41, 5.74) is 1.48. The van der Waals surface area contributed by atoms with E-state index in [1.165, 1.54) is 12.7 Å². The highest BCUT2D eigenvalue weighted by molar-refractivity contribution is 5.92. The van der Waals surface area contributed by atoms with Gasteiger partial charge in [-0.15, -0.1) is 0 Å². The number of imidazole rings is 1. The molecular formula is C14H18N4O3. The van der Waals surface area contributed by atoms with Gasteiger partial charge < -0.3 is 18.6 Å². The quantitative estimate of drug-likeness (QED) is 0.848. The summed E-state index contributed by atoms with van der Waals surface area (Å²) in [5.74, 6) is 0.785. The number of carbonyl (C=O) groups excluding carboxylic acids is 1. The van der Waals surface area contributed by atoms with Crippen molar-refractivity contribution in [1.82, 2.24) is 19.4 Å². The van der Waals surface area contributed by atoms with Crippen LogP contribution in [-0.4, -0.2) is 45.6 Å². The van der Waals surface area contributed by atoms with Gasteiger partial charge in [0.1, 0.15) is 12.1 Å². The van der Waals surface area contributed by atoms with Crippen molar-refractivity contribution >= 4 is 5.91 Å². The van der Waals surface area contributed by atoms with Gasteiger partial charge >= 0.3 is 0 Å². The minimum Gasteiger partial charge on any atom is -0.451 e. The molecule has 0 bridgehead atoms. The smallest absolute Gasteiger partial charge is 0.276 e. The summed E-state index contributed by atoms with van der Waals surface area (Å²) in [5, 5.41) is 0. The molecule has 2 aromatic rings. The molecule has 3 rings (SSSR count). The highest BCUT2D eigenvalue weighted by Gasteiger charge is 2.31. The number of oxazole rings is 1. The van der Waals surface area contributed by atoms with Gasteiger partial charge in [0.2, 0.25) is 0 Å². The van der Waals surface area contributed by atoms with Crippen LogP contribution in [0.15, 0.2) is 23.3 Å². The third-order valence-electron chi connectivity index (χ3n) is 3.85. The predicted octanol–water partition coefficient (Wildman–Crippen LogP) is 1.28. The molecule has 1 atom stereocenters. The summed E-state index contributed by atoms with van der Waals surface area (Å²) in [7, 11) is 1.69. The van der Waals surface area contributed by atoms with Gasteiger partial charge in [-0.25, -0.2) is 9.97 Å². The topological polar surface area (TPSA) is 73.4 Å². The van der Waals surface area contributed by atoms with Gasteiger partial charge in [-0.05, 0) is 6.92 Å². The number of nitrogens with zero attached hydrogens (tertiary/aromatic N) is 4. The zero-order chi connectivity index (χ0) is 14.8. The van der Waals surface area contributed by atoms with Gasteiger partial charge in [0.25, 0.3) is 5.91 Å². The molecule has 1 unspecified atom stereocenters. The summed E-state index contributed by atoms with van der Waals surface area (Å²) in [4.78, 5) is 22.6. The molecule has 112 valence electrons. The van der Waals surface area contributed by atoms with Crippen molar-refractivity contribution in [3.63, 3.8) is 0 Å². The van der Waals surface area contributed by atoms with E-state index in [0.717, 1.165) is 24.5 Å². The minimum atomic E-state index is -0.121. The number of methoxy groups -OCH3 is 1. The highest BCUT2D eigenvalue weighted by atomic mass is 16.5. The third kappa shape index (κ3) is 2.44. The first-order valence-electron chi connectivity index (χ1n) is 6.94. The van der Waals surface area contributed by atoms with E-state index in [0.29, 0.717) is 18.8 Å². The van der Waals surface area contributed by atoms with Crippen LogP contribution in [0.2, 0.25) is 0 Å². The Morgan fingerprint density at radius 3 is 3.05 bits per heavy atom. The SMILES string of the molecule is COCCc1cnc2n1CCN(C(=O)c1cocn1)C2C. The van der Waals surface area contributed by atoms with Crippen molar-refractivity contribution < 1.29 is 13.9 Å². The molecule has 0 fully saturated rings. The molecule has 2 aromatic heterocycles. The number of aromatic nitrogens is 3. The summed E-state index contributed by atoms with van der Waals surface area (Å²) in [6.45, 7) is 4.02. The summed E-state index contributed by atoms with van der Waals surface area (Å²) in [6, 6.07) is -0.0840. The normalized spacial score (nSPS) is 17.8. The Kier molecular flexibility index (Phi) is 3.74. The maximum Gasteiger partial charge on any atom is 0.276 e. The first-order valence-corrected chi connectivity index (χ1v) is 6.94. The van der Waals surface area contributed by atoms with Crippen LogP contribution in [0.25, 0.3) is 0 Å². The fourth-order valence-electron chi connectivity index (χ4n) is 2.71. The lowest BCUT2D eigenvalue weighted by Gasteiger charge is -2.34. The Labute approximate surface area is 122 Å². The molecule has 0 saturated carbocycles. The Balaban J connectivity index is 1.81. The van der Waals surface area contributed by atoms with Crippen molar-refractivity contribution in [2.24, 2.45) is 0 Å². The van der Waals surface area contributed by atoms with Gasteiger partial charge in [0, 0.05) is 38.5 Å². The molecule has 7 heteroatoms. The van der Waals surface area contributed by atoms with Crippen LogP contribution in [0, 0.1) is 0 Å². The Morgan fingerprint density at radius 1 is 1.48 bits per heavy atom. The molecule has 0 N–H and O–H groups in total. The van der Waals surface area contributed by atoms with Crippen LogP contribution in [0.5, 0.6) is 0 Å². The van der Waals surface area contributed by atoms with Crippen LogP contribution in [-0.2, 0) is 17.7 Å². The summed E-state index contributed by atoms with van der Waals surface area (Å²) in [6.07, 6.45) is 5.34. The standard InChI is InChI=1S/C14H18N4O3/c1-10-13-15-7-11(3-6-20-2)18(13)5-4-17(10)14(19)12-8-21-9-16-12/h7-10H,3-6H2,1-2H3. The van der Waals surface area contributed by atoms with Crippen molar-refractivity contribution in [3.05, 3.63) is 36.1 Å². The van der Waals surface area contributed by atoms with Gasteiger partial charge in [0.15, 0.2) is 12.1 Å². The predicted molar refractivity (Wildman–Crippen MR) is 73.8 cm³/mol. The number of ether oxygens (including phenoxy) is 1. The first kappa shape index (κ1) is 13.8. The van der Waals surface area contributed by atoms with Gasteiger partial charge in [-0.1, -0.05) is 0 Å². The van der Waals surface area contributed by atoms with Crippen LogP contribution < -0.4 is 0 Å². The average molecular weight is 290 g/mol. The summed E-state index contributed by atoms with van der Waals surface area (Å²) < 4.78 is 12.2. The molecule has 7 nitrogen and oxygen atoms in total. The maximum absolute atomic E-state index is 12.4. The highest BCUT2D eigenvalue weighted by Crippen LogP contribution is 2.26. The second kappa shape index (κ2) is 5.69. The van der Waals surface area contributed by atoms with Gasteiger partial charge in [0.05, 0.1) is 12.6 Å². The van der Waals surface area contributed by atoms with E-state index in [-0.39, 0.29) is 11.9 Å². The lowest BCUT2D eigenvalue weighted by Crippen LogP contribution is -2.41. The molecule has 1 aliphatic heterocycles. The minimum absolute atomic E-state index is 0.0840. The molecule has 1 aliphatic rings. The zero-order valence-electron chi connectivity index (χ0n) is 12.2. The molecule has 0 saturated heterocycles. The van der Waals surface area contributed by atoms with Crippen molar-refractivity contribution in [2.45, 2.75) is 25.9 Å². The number of hydrogen-bond acceptors (Lipinski definition) is 5. The van der Waals surface area contributed by atoms with E-state index in [2.05, 4.69) is 14.5 Å². The maximum atomic E-state index is 12.4. The number of carbonyl (C=O) groups is 1. The molecular weight excluding hydrogens is 272 g/mol. The van der Waals surface area contributed by atoms with E-state index in [1.807, 2.05) is 13.1 Å². The van der Waals surface area contributed by atoms with Gasteiger partial charge in [-0.3, -0.25) is 4.79 Å².